The van der Waals surface area contributed by atoms with Crippen LogP contribution in [0, 0.1) is 0 Å². The van der Waals surface area contributed by atoms with Crippen LogP contribution in [0.5, 0.6) is 5.75 Å². The lowest BCUT2D eigenvalue weighted by Crippen LogP contribution is -2.34. The van der Waals surface area contributed by atoms with Gasteiger partial charge >= 0.3 is 5.97 Å². The quantitative estimate of drug-likeness (QED) is 0.670. The van der Waals surface area contributed by atoms with E-state index in [1.165, 1.54) is 11.2 Å². The zero-order valence-corrected chi connectivity index (χ0v) is 15.3. The fourth-order valence-corrected chi connectivity index (χ4v) is 2.15. The molecule has 0 aliphatic rings. The van der Waals surface area contributed by atoms with Gasteiger partial charge in [-0.25, -0.2) is 0 Å². The highest BCUT2D eigenvalue weighted by Crippen LogP contribution is 2.11. The molecule has 0 aliphatic carbocycles. The molecule has 1 aromatic carbocycles. The van der Waals surface area contributed by atoms with Crippen molar-refractivity contribution in [2.24, 2.45) is 0 Å². The van der Waals surface area contributed by atoms with Crippen molar-refractivity contribution < 1.29 is 28.3 Å². The molecule has 8 nitrogen and oxygen atoms in total. The SMILES string of the molecule is CCOc1ccc(C(=O)NCC(=O)OCC(=O)N(C)Cc2ccco2)cc1. The first-order valence-electron chi connectivity index (χ1n) is 8.42. The number of amides is 2. The zero-order valence-electron chi connectivity index (χ0n) is 15.3. The lowest BCUT2D eigenvalue weighted by molar-refractivity contribution is -0.150. The molecule has 1 aromatic heterocycles. The third kappa shape index (κ3) is 6.50. The van der Waals surface area contributed by atoms with E-state index in [0.29, 0.717) is 23.7 Å². The standard InChI is InChI=1S/C19H22N2O6/c1-3-25-15-8-6-14(7-9-15)19(24)20-11-18(23)27-13-17(22)21(2)12-16-5-4-10-26-16/h4-10H,3,11-13H2,1-2H3,(H,20,24). The minimum absolute atomic E-state index is 0.276. The molecule has 0 atom stereocenters. The molecule has 0 radical (unpaired) electrons. The number of ether oxygens (including phenoxy) is 2. The van der Waals surface area contributed by atoms with Crippen molar-refractivity contribution in [1.29, 1.82) is 0 Å². The molecule has 144 valence electrons. The monoisotopic (exact) mass is 374 g/mol. The summed E-state index contributed by atoms with van der Waals surface area (Å²) in [5.41, 5.74) is 0.389. The predicted molar refractivity (Wildman–Crippen MR) is 96.1 cm³/mol. The van der Waals surface area contributed by atoms with Crippen LogP contribution in [0.25, 0.3) is 0 Å². The highest BCUT2D eigenvalue weighted by molar-refractivity contribution is 5.96. The summed E-state index contributed by atoms with van der Waals surface area (Å²) in [5, 5.41) is 2.45. The Labute approximate surface area is 157 Å². The highest BCUT2D eigenvalue weighted by Gasteiger charge is 2.14. The molecule has 27 heavy (non-hydrogen) atoms. The Morgan fingerprint density at radius 2 is 1.89 bits per heavy atom. The summed E-state index contributed by atoms with van der Waals surface area (Å²) in [6.07, 6.45) is 1.51. The summed E-state index contributed by atoms with van der Waals surface area (Å²) in [5.74, 6) is -0.215. The van der Waals surface area contributed by atoms with E-state index in [2.05, 4.69) is 5.32 Å². The third-order valence-electron chi connectivity index (χ3n) is 3.58. The molecule has 2 amide bonds. The van der Waals surface area contributed by atoms with Crippen LogP contribution in [-0.4, -0.2) is 49.5 Å². The van der Waals surface area contributed by atoms with Crippen LogP contribution < -0.4 is 10.1 Å². The summed E-state index contributed by atoms with van der Waals surface area (Å²) >= 11 is 0. The number of carbonyl (C=O) groups is 3. The number of hydrogen-bond acceptors (Lipinski definition) is 6. The van der Waals surface area contributed by atoms with Crippen molar-refractivity contribution in [3.63, 3.8) is 0 Å². The molecule has 0 saturated carbocycles. The minimum Gasteiger partial charge on any atom is -0.494 e. The van der Waals surface area contributed by atoms with E-state index in [-0.39, 0.29) is 19.0 Å². The minimum atomic E-state index is -0.700. The number of esters is 1. The van der Waals surface area contributed by atoms with E-state index < -0.39 is 18.5 Å². The van der Waals surface area contributed by atoms with Gasteiger partial charge in [-0.1, -0.05) is 0 Å². The highest BCUT2D eigenvalue weighted by atomic mass is 16.5. The summed E-state index contributed by atoms with van der Waals surface area (Å²) in [4.78, 5) is 37.0. The van der Waals surface area contributed by atoms with Crippen molar-refractivity contribution >= 4 is 17.8 Å². The van der Waals surface area contributed by atoms with Crippen molar-refractivity contribution in [2.75, 3.05) is 26.8 Å². The molecule has 0 aliphatic heterocycles. The predicted octanol–water partition coefficient (Wildman–Crippen LogP) is 1.61. The van der Waals surface area contributed by atoms with Gasteiger partial charge in [0.05, 0.1) is 19.4 Å². The van der Waals surface area contributed by atoms with Gasteiger partial charge < -0.3 is 24.1 Å². The number of hydrogen-bond donors (Lipinski definition) is 1. The Kier molecular flexibility index (Phi) is 7.42. The van der Waals surface area contributed by atoms with Crippen LogP contribution in [0.4, 0.5) is 0 Å². The van der Waals surface area contributed by atoms with Crippen LogP contribution in [0.1, 0.15) is 23.0 Å². The Morgan fingerprint density at radius 3 is 2.52 bits per heavy atom. The molecular formula is C19H22N2O6. The van der Waals surface area contributed by atoms with Crippen molar-refractivity contribution in [3.8, 4) is 5.75 Å². The number of carbonyl (C=O) groups excluding carboxylic acids is 3. The molecule has 0 fully saturated rings. The second kappa shape index (κ2) is 10.0. The topological polar surface area (TPSA) is 98.1 Å². The van der Waals surface area contributed by atoms with E-state index >= 15 is 0 Å². The maximum absolute atomic E-state index is 12.0. The molecule has 1 N–H and O–H groups in total. The normalized spacial score (nSPS) is 10.1. The summed E-state index contributed by atoms with van der Waals surface area (Å²) in [6.45, 7) is 1.94. The first-order valence-corrected chi connectivity index (χ1v) is 8.42. The number of likely N-dealkylation sites (N-methyl/N-ethyl adjacent to an activating group) is 1. The molecule has 8 heteroatoms. The molecule has 1 heterocycles. The van der Waals surface area contributed by atoms with Gasteiger partial charge in [0.1, 0.15) is 18.1 Å². The molecule has 2 aromatic rings. The maximum atomic E-state index is 12.0. The number of benzene rings is 1. The van der Waals surface area contributed by atoms with E-state index in [9.17, 15) is 14.4 Å². The number of rotatable bonds is 9. The molecule has 0 spiro atoms. The summed E-state index contributed by atoms with van der Waals surface area (Å²) < 4.78 is 15.3. The average molecular weight is 374 g/mol. The van der Waals surface area contributed by atoms with Gasteiger partial charge in [0.25, 0.3) is 11.8 Å². The molecule has 0 unspecified atom stereocenters. The second-order valence-electron chi connectivity index (χ2n) is 5.63. The number of nitrogens with zero attached hydrogens (tertiary/aromatic N) is 1. The fourth-order valence-electron chi connectivity index (χ4n) is 2.15. The Morgan fingerprint density at radius 1 is 1.15 bits per heavy atom. The summed E-state index contributed by atoms with van der Waals surface area (Å²) in [6, 6.07) is 10.00. The van der Waals surface area contributed by atoms with Crippen LogP contribution >= 0.6 is 0 Å². The molecule has 0 saturated heterocycles. The van der Waals surface area contributed by atoms with Crippen molar-refractivity contribution in [1.82, 2.24) is 10.2 Å². The van der Waals surface area contributed by atoms with Crippen LogP contribution in [0.2, 0.25) is 0 Å². The third-order valence-corrected chi connectivity index (χ3v) is 3.58. The van der Waals surface area contributed by atoms with Gasteiger partial charge in [-0.05, 0) is 43.3 Å². The van der Waals surface area contributed by atoms with E-state index in [1.54, 1.807) is 43.4 Å². The maximum Gasteiger partial charge on any atom is 0.325 e. The van der Waals surface area contributed by atoms with Gasteiger partial charge in [0.15, 0.2) is 6.61 Å². The van der Waals surface area contributed by atoms with Crippen LogP contribution in [-0.2, 0) is 20.9 Å². The Bertz CT molecular complexity index is 755. The molecule has 0 bridgehead atoms. The zero-order chi connectivity index (χ0) is 19.6. The van der Waals surface area contributed by atoms with Crippen molar-refractivity contribution in [2.45, 2.75) is 13.5 Å². The summed E-state index contributed by atoms with van der Waals surface area (Å²) in [7, 11) is 1.58. The fraction of sp³-hybridized carbons (Fsp3) is 0.316. The van der Waals surface area contributed by atoms with Gasteiger partial charge in [0.2, 0.25) is 0 Å². The first-order chi connectivity index (χ1) is 13.0. The molecule has 2 rings (SSSR count). The van der Waals surface area contributed by atoms with E-state index in [0.717, 1.165) is 0 Å². The smallest absolute Gasteiger partial charge is 0.325 e. The lowest BCUT2D eigenvalue weighted by atomic mass is 10.2. The first kappa shape index (κ1) is 20.0. The van der Waals surface area contributed by atoms with Crippen LogP contribution in [0.3, 0.4) is 0 Å². The lowest BCUT2D eigenvalue weighted by Gasteiger charge is -2.15. The Hall–Kier alpha value is -3.29. The largest absolute Gasteiger partial charge is 0.494 e. The van der Waals surface area contributed by atoms with Gasteiger partial charge in [-0.3, -0.25) is 14.4 Å². The Balaban J connectivity index is 1.70. The van der Waals surface area contributed by atoms with Crippen molar-refractivity contribution in [3.05, 3.63) is 54.0 Å². The van der Waals surface area contributed by atoms with Crippen LogP contribution in [0.15, 0.2) is 47.1 Å². The van der Waals surface area contributed by atoms with Gasteiger partial charge in [-0.2, -0.15) is 0 Å². The van der Waals surface area contributed by atoms with Gasteiger partial charge in [-0.15, -0.1) is 0 Å². The average Bonchev–Trinajstić information content (AvgIpc) is 3.18. The van der Waals surface area contributed by atoms with Gasteiger partial charge in [0, 0.05) is 12.6 Å². The van der Waals surface area contributed by atoms with E-state index in [4.69, 9.17) is 13.9 Å². The van der Waals surface area contributed by atoms with E-state index in [1.807, 2.05) is 6.92 Å². The number of nitrogens with one attached hydrogen (secondary N) is 1. The number of furan rings is 1. The molecular weight excluding hydrogens is 352 g/mol. The second-order valence-corrected chi connectivity index (χ2v) is 5.63.